The molecule has 0 bridgehead atoms. The second-order valence-corrected chi connectivity index (χ2v) is 1.55. The summed E-state index contributed by atoms with van der Waals surface area (Å²) in [5.41, 5.74) is 0. The number of hydrogen-bond donors (Lipinski definition) is 0. The SMILES string of the molecule is O=CC(=O)n1cccc1. The Bertz CT molecular complexity index is 213. The van der Waals surface area contributed by atoms with Crippen LogP contribution in [0.25, 0.3) is 0 Å². The lowest BCUT2D eigenvalue weighted by Crippen LogP contribution is -2.07. The van der Waals surface area contributed by atoms with Gasteiger partial charge in [-0.25, -0.2) is 0 Å². The van der Waals surface area contributed by atoms with Crippen molar-refractivity contribution in [3.05, 3.63) is 24.5 Å². The molecule has 1 rings (SSSR count). The third kappa shape index (κ3) is 1.05. The molecule has 0 atom stereocenters. The van der Waals surface area contributed by atoms with Crippen molar-refractivity contribution < 1.29 is 9.59 Å². The van der Waals surface area contributed by atoms with Gasteiger partial charge in [0.1, 0.15) is 0 Å². The molecule has 0 aliphatic carbocycles. The fraction of sp³-hybridized carbons (Fsp3) is 0. The van der Waals surface area contributed by atoms with Gasteiger partial charge in [-0.05, 0) is 12.1 Å². The van der Waals surface area contributed by atoms with E-state index in [1.54, 1.807) is 12.1 Å². The molecule has 0 spiro atoms. The summed E-state index contributed by atoms with van der Waals surface area (Å²) in [4.78, 5) is 20.3. The summed E-state index contributed by atoms with van der Waals surface area (Å²) in [6.07, 6.45) is 3.33. The normalized spacial score (nSPS) is 8.89. The molecule has 0 aromatic carbocycles. The number of nitrogens with zero attached hydrogens (tertiary/aromatic N) is 1. The Kier molecular flexibility index (Phi) is 1.44. The van der Waals surface area contributed by atoms with E-state index in [0.29, 0.717) is 0 Å². The number of carbonyl (C=O) groups excluding carboxylic acids is 2. The molecule has 0 saturated carbocycles. The Morgan fingerprint density at radius 2 is 1.89 bits per heavy atom. The van der Waals surface area contributed by atoms with E-state index in [9.17, 15) is 9.59 Å². The maximum Gasteiger partial charge on any atom is 0.294 e. The minimum Gasteiger partial charge on any atom is -0.292 e. The quantitative estimate of drug-likeness (QED) is 0.398. The van der Waals surface area contributed by atoms with E-state index in [-0.39, 0.29) is 6.29 Å². The number of rotatable bonds is 1. The van der Waals surface area contributed by atoms with E-state index in [2.05, 4.69) is 0 Å². The maximum atomic E-state index is 10.5. The molecule has 9 heavy (non-hydrogen) atoms. The van der Waals surface area contributed by atoms with Crippen LogP contribution < -0.4 is 0 Å². The highest BCUT2D eigenvalue weighted by Gasteiger charge is 1.96. The summed E-state index contributed by atoms with van der Waals surface area (Å²) in [6, 6.07) is 3.36. The summed E-state index contributed by atoms with van der Waals surface area (Å²) in [5, 5.41) is 0. The Labute approximate surface area is 51.9 Å². The van der Waals surface area contributed by atoms with Crippen LogP contribution in [-0.4, -0.2) is 16.8 Å². The highest BCUT2D eigenvalue weighted by molar-refractivity contribution is 6.24. The third-order valence-corrected chi connectivity index (χ3v) is 0.960. The molecule has 0 aliphatic heterocycles. The standard InChI is InChI=1S/C6H5NO2/c8-5-6(9)7-3-1-2-4-7/h1-5H. The van der Waals surface area contributed by atoms with Gasteiger partial charge in [-0.3, -0.25) is 14.2 Å². The Morgan fingerprint density at radius 3 is 2.33 bits per heavy atom. The minimum absolute atomic E-state index is 0.278. The number of carbonyl (C=O) groups is 2. The maximum absolute atomic E-state index is 10.5. The lowest BCUT2D eigenvalue weighted by atomic mass is 10.7. The second-order valence-electron chi connectivity index (χ2n) is 1.55. The van der Waals surface area contributed by atoms with E-state index in [4.69, 9.17) is 0 Å². The Hall–Kier alpha value is -1.38. The fourth-order valence-electron chi connectivity index (χ4n) is 0.542. The van der Waals surface area contributed by atoms with E-state index in [0.717, 1.165) is 0 Å². The number of hydrogen-bond acceptors (Lipinski definition) is 2. The monoisotopic (exact) mass is 123 g/mol. The zero-order valence-electron chi connectivity index (χ0n) is 4.65. The largest absolute Gasteiger partial charge is 0.294 e. The molecule has 0 N–H and O–H groups in total. The number of aldehydes is 1. The van der Waals surface area contributed by atoms with Gasteiger partial charge in [0.05, 0.1) is 0 Å². The molecule has 1 aromatic heterocycles. The molecule has 0 fully saturated rings. The predicted octanol–water partition coefficient (Wildman–Crippen LogP) is 0.327. The van der Waals surface area contributed by atoms with Crippen molar-refractivity contribution in [1.82, 2.24) is 4.57 Å². The zero-order chi connectivity index (χ0) is 6.69. The summed E-state index contributed by atoms with van der Waals surface area (Å²) in [5.74, 6) is -0.542. The molecule has 1 aromatic rings. The molecule has 0 radical (unpaired) electrons. The lowest BCUT2D eigenvalue weighted by Gasteiger charge is -1.87. The smallest absolute Gasteiger partial charge is 0.292 e. The van der Waals surface area contributed by atoms with Gasteiger partial charge in [0.2, 0.25) is 6.29 Å². The summed E-state index contributed by atoms with van der Waals surface area (Å²) >= 11 is 0. The predicted molar refractivity (Wildman–Crippen MR) is 31.1 cm³/mol. The molecule has 0 aliphatic rings. The van der Waals surface area contributed by atoms with Gasteiger partial charge < -0.3 is 0 Å². The van der Waals surface area contributed by atoms with Gasteiger partial charge >= 0.3 is 0 Å². The minimum atomic E-state index is -0.542. The molecule has 0 unspecified atom stereocenters. The van der Waals surface area contributed by atoms with Crippen molar-refractivity contribution in [2.75, 3.05) is 0 Å². The van der Waals surface area contributed by atoms with Crippen LogP contribution >= 0.6 is 0 Å². The topological polar surface area (TPSA) is 39.1 Å². The van der Waals surface area contributed by atoms with Crippen LogP contribution in [0.1, 0.15) is 4.79 Å². The van der Waals surface area contributed by atoms with Crippen LogP contribution in [0.5, 0.6) is 0 Å². The fourth-order valence-corrected chi connectivity index (χ4v) is 0.542. The van der Waals surface area contributed by atoms with Gasteiger partial charge in [-0.15, -0.1) is 0 Å². The molecule has 0 amide bonds. The first kappa shape index (κ1) is 5.75. The number of aromatic nitrogens is 1. The molecule has 46 valence electrons. The van der Waals surface area contributed by atoms with Crippen LogP contribution in [0, 0.1) is 0 Å². The van der Waals surface area contributed by atoms with Crippen molar-refractivity contribution in [3.8, 4) is 0 Å². The Morgan fingerprint density at radius 1 is 1.33 bits per heavy atom. The Balaban J connectivity index is 2.89. The first-order valence-corrected chi connectivity index (χ1v) is 2.47. The van der Waals surface area contributed by atoms with Crippen molar-refractivity contribution >= 4 is 12.2 Å². The van der Waals surface area contributed by atoms with Crippen LogP contribution in [0.4, 0.5) is 0 Å². The van der Waals surface area contributed by atoms with E-state index < -0.39 is 5.91 Å². The molecule has 3 heteroatoms. The van der Waals surface area contributed by atoms with Crippen molar-refractivity contribution in [2.24, 2.45) is 0 Å². The van der Waals surface area contributed by atoms with Crippen LogP contribution in [-0.2, 0) is 4.79 Å². The van der Waals surface area contributed by atoms with E-state index >= 15 is 0 Å². The van der Waals surface area contributed by atoms with Gasteiger partial charge in [0.15, 0.2) is 0 Å². The average molecular weight is 123 g/mol. The molecular formula is C6H5NO2. The van der Waals surface area contributed by atoms with Crippen molar-refractivity contribution in [1.29, 1.82) is 0 Å². The summed E-state index contributed by atoms with van der Waals surface area (Å²) in [7, 11) is 0. The first-order valence-electron chi connectivity index (χ1n) is 2.47. The molecular weight excluding hydrogens is 118 g/mol. The van der Waals surface area contributed by atoms with Crippen molar-refractivity contribution in [2.45, 2.75) is 0 Å². The van der Waals surface area contributed by atoms with Gasteiger partial charge in [0, 0.05) is 12.4 Å². The summed E-state index contributed by atoms with van der Waals surface area (Å²) in [6.45, 7) is 0. The molecule has 3 nitrogen and oxygen atoms in total. The van der Waals surface area contributed by atoms with Crippen molar-refractivity contribution in [3.63, 3.8) is 0 Å². The van der Waals surface area contributed by atoms with Gasteiger partial charge in [-0.1, -0.05) is 0 Å². The van der Waals surface area contributed by atoms with E-state index in [1.807, 2.05) is 0 Å². The zero-order valence-corrected chi connectivity index (χ0v) is 4.65. The van der Waals surface area contributed by atoms with Crippen LogP contribution in [0.3, 0.4) is 0 Å². The van der Waals surface area contributed by atoms with Crippen LogP contribution in [0.2, 0.25) is 0 Å². The molecule has 1 heterocycles. The highest BCUT2D eigenvalue weighted by Crippen LogP contribution is 1.86. The van der Waals surface area contributed by atoms with Gasteiger partial charge in [0.25, 0.3) is 5.91 Å². The average Bonchev–Trinajstić information content (AvgIpc) is 2.37. The van der Waals surface area contributed by atoms with Crippen LogP contribution in [0.15, 0.2) is 24.5 Å². The highest BCUT2D eigenvalue weighted by atomic mass is 16.2. The third-order valence-electron chi connectivity index (χ3n) is 0.960. The first-order chi connectivity index (χ1) is 4.34. The lowest BCUT2D eigenvalue weighted by molar-refractivity contribution is -0.105. The second kappa shape index (κ2) is 2.26. The molecule has 0 saturated heterocycles. The van der Waals surface area contributed by atoms with Gasteiger partial charge in [-0.2, -0.15) is 0 Å². The summed E-state index contributed by atoms with van der Waals surface area (Å²) < 4.78 is 1.22. The van der Waals surface area contributed by atoms with E-state index in [1.165, 1.54) is 17.0 Å².